The van der Waals surface area contributed by atoms with Crippen molar-refractivity contribution in [2.45, 2.75) is 6.92 Å². The van der Waals surface area contributed by atoms with Gasteiger partial charge >= 0.3 is 0 Å². The quantitative estimate of drug-likeness (QED) is 0.768. The van der Waals surface area contributed by atoms with Crippen LogP contribution in [0.4, 0.5) is 5.69 Å². The number of carbonyl (C=O) groups excluding carboxylic acids is 1. The van der Waals surface area contributed by atoms with E-state index in [9.17, 15) is 4.79 Å². The van der Waals surface area contributed by atoms with Crippen molar-refractivity contribution in [3.63, 3.8) is 0 Å². The first-order chi connectivity index (χ1) is 7.27. The fourth-order valence-corrected chi connectivity index (χ4v) is 1.37. The third kappa shape index (κ3) is 2.07. The van der Waals surface area contributed by atoms with E-state index in [1.54, 1.807) is 18.3 Å². The van der Waals surface area contributed by atoms with Crippen molar-refractivity contribution in [3.8, 4) is 0 Å². The van der Waals surface area contributed by atoms with Crippen LogP contribution in [0, 0.1) is 6.92 Å². The molecule has 0 unspecified atom stereocenters. The van der Waals surface area contributed by atoms with Gasteiger partial charge in [0, 0.05) is 11.9 Å². The number of benzene rings is 1. The lowest BCUT2D eigenvalue weighted by molar-refractivity contribution is 0.102. The molecule has 2 aromatic rings. The van der Waals surface area contributed by atoms with E-state index in [0.717, 1.165) is 11.3 Å². The molecular weight excluding hydrogens is 188 g/mol. The Morgan fingerprint density at radius 3 is 2.67 bits per heavy atom. The van der Waals surface area contributed by atoms with Crippen molar-refractivity contribution in [2.75, 3.05) is 5.32 Å². The third-order valence-electron chi connectivity index (χ3n) is 2.24. The molecule has 0 aliphatic heterocycles. The largest absolute Gasteiger partial charge is 0.357 e. The van der Waals surface area contributed by atoms with Gasteiger partial charge < -0.3 is 10.3 Å². The predicted octanol–water partition coefficient (Wildman–Crippen LogP) is 2.58. The van der Waals surface area contributed by atoms with E-state index in [0.29, 0.717) is 5.69 Å². The number of aromatic nitrogens is 1. The van der Waals surface area contributed by atoms with Gasteiger partial charge in [0.1, 0.15) is 5.69 Å². The Bertz CT molecular complexity index is 460. The van der Waals surface area contributed by atoms with E-state index >= 15 is 0 Å². The highest BCUT2D eigenvalue weighted by molar-refractivity contribution is 6.03. The van der Waals surface area contributed by atoms with Crippen molar-refractivity contribution in [2.24, 2.45) is 0 Å². The molecule has 0 saturated heterocycles. The molecule has 15 heavy (non-hydrogen) atoms. The van der Waals surface area contributed by atoms with Gasteiger partial charge in [-0.1, -0.05) is 18.2 Å². The van der Waals surface area contributed by atoms with Gasteiger partial charge in [-0.2, -0.15) is 0 Å². The zero-order valence-corrected chi connectivity index (χ0v) is 8.45. The van der Waals surface area contributed by atoms with Crippen molar-refractivity contribution in [1.82, 2.24) is 4.98 Å². The smallest absolute Gasteiger partial charge is 0.272 e. The molecule has 1 amide bonds. The van der Waals surface area contributed by atoms with Gasteiger partial charge in [0.15, 0.2) is 0 Å². The van der Waals surface area contributed by atoms with Gasteiger partial charge in [0.05, 0.1) is 0 Å². The molecule has 1 aromatic heterocycles. The van der Waals surface area contributed by atoms with Crippen LogP contribution in [0.5, 0.6) is 0 Å². The van der Waals surface area contributed by atoms with E-state index in [1.165, 1.54) is 0 Å². The Morgan fingerprint density at radius 2 is 2.00 bits per heavy atom. The van der Waals surface area contributed by atoms with Crippen LogP contribution in [-0.2, 0) is 0 Å². The number of amides is 1. The Balaban J connectivity index is 2.17. The summed E-state index contributed by atoms with van der Waals surface area (Å²) in [6.45, 7) is 1.96. The monoisotopic (exact) mass is 200 g/mol. The molecule has 3 heteroatoms. The van der Waals surface area contributed by atoms with Crippen LogP contribution in [0.15, 0.2) is 42.6 Å². The molecule has 2 rings (SSSR count). The fraction of sp³-hybridized carbons (Fsp3) is 0.0833. The Labute approximate surface area is 88.1 Å². The number of carbonyl (C=O) groups is 1. The van der Waals surface area contributed by atoms with E-state index in [-0.39, 0.29) is 5.91 Å². The van der Waals surface area contributed by atoms with Crippen molar-refractivity contribution in [1.29, 1.82) is 0 Å². The summed E-state index contributed by atoms with van der Waals surface area (Å²) in [5, 5.41) is 2.84. The minimum atomic E-state index is -0.116. The van der Waals surface area contributed by atoms with Gasteiger partial charge in [-0.15, -0.1) is 0 Å². The highest BCUT2D eigenvalue weighted by Gasteiger charge is 2.06. The maximum absolute atomic E-state index is 11.7. The highest BCUT2D eigenvalue weighted by atomic mass is 16.1. The summed E-state index contributed by atoms with van der Waals surface area (Å²) >= 11 is 0. The van der Waals surface area contributed by atoms with Crippen LogP contribution in [0.25, 0.3) is 0 Å². The van der Waals surface area contributed by atoms with Gasteiger partial charge in [0.25, 0.3) is 5.91 Å². The average molecular weight is 200 g/mol. The number of aryl methyl sites for hydroxylation is 1. The Kier molecular flexibility index (Phi) is 2.54. The second kappa shape index (κ2) is 4.00. The molecule has 1 aromatic carbocycles. The number of para-hydroxylation sites is 1. The number of aromatic amines is 1. The first-order valence-electron chi connectivity index (χ1n) is 4.78. The highest BCUT2D eigenvalue weighted by Crippen LogP contribution is 2.13. The lowest BCUT2D eigenvalue weighted by Crippen LogP contribution is -2.12. The van der Waals surface area contributed by atoms with Crippen LogP contribution in [0.1, 0.15) is 16.1 Å². The fourth-order valence-electron chi connectivity index (χ4n) is 1.37. The molecule has 0 atom stereocenters. The molecular formula is C12H12N2O. The molecule has 2 N–H and O–H groups in total. The minimum absolute atomic E-state index is 0.116. The van der Waals surface area contributed by atoms with Crippen molar-refractivity contribution < 1.29 is 4.79 Å². The molecule has 1 heterocycles. The first-order valence-corrected chi connectivity index (χ1v) is 4.78. The summed E-state index contributed by atoms with van der Waals surface area (Å²) < 4.78 is 0. The SMILES string of the molecule is Cc1ccccc1NC(=O)c1ccc[nH]1. The normalized spacial score (nSPS) is 9.93. The molecule has 0 saturated carbocycles. The summed E-state index contributed by atoms with van der Waals surface area (Å²) in [6.07, 6.45) is 1.73. The summed E-state index contributed by atoms with van der Waals surface area (Å²) in [6, 6.07) is 11.2. The maximum Gasteiger partial charge on any atom is 0.272 e. The van der Waals surface area contributed by atoms with Crippen LogP contribution in [0.3, 0.4) is 0 Å². The standard InChI is InChI=1S/C12H12N2O/c1-9-5-2-3-6-10(9)14-12(15)11-7-4-8-13-11/h2-8,13H,1H3,(H,14,15). The van der Waals surface area contributed by atoms with Crippen LogP contribution >= 0.6 is 0 Å². The van der Waals surface area contributed by atoms with E-state index in [2.05, 4.69) is 10.3 Å². The van der Waals surface area contributed by atoms with Gasteiger partial charge in [-0.05, 0) is 30.7 Å². The second-order valence-corrected chi connectivity index (χ2v) is 3.35. The molecule has 0 spiro atoms. The molecule has 3 nitrogen and oxygen atoms in total. The molecule has 0 aliphatic carbocycles. The number of nitrogens with one attached hydrogen (secondary N) is 2. The van der Waals surface area contributed by atoms with Gasteiger partial charge in [-0.25, -0.2) is 0 Å². The molecule has 0 bridgehead atoms. The summed E-state index contributed by atoms with van der Waals surface area (Å²) in [7, 11) is 0. The number of rotatable bonds is 2. The molecule has 76 valence electrons. The van der Waals surface area contributed by atoms with Gasteiger partial charge in [-0.3, -0.25) is 4.79 Å². The molecule has 0 radical (unpaired) electrons. The predicted molar refractivity (Wildman–Crippen MR) is 59.9 cm³/mol. The maximum atomic E-state index is 11.7. The lowest BCUT2D eigenvalue weighted by atomic mass is 10.2. The zero-order chi connectivity index (χ0) is 10.7. The number of hydrogen-bond acceptors (Lipinski definition) is 1. The number of H-pyrrole nitrogens is 1. The van der Waals surface area contributed by atoms with Crippen LogP contribution in [0.2, 0.25) is 0 Å². The first kappa shape index (κ1) is 9.52. The summed E-state index contributed by atoms with van der Waals surface area (Å²) in [4.78, 5) is 14.5. The molecule has 0 fully saturated rings. The van der Waals surface area contributed by atoms with Crippen molar-refractivity contribution in [3.05, 3.63) is 53.9 Å². The second-order valence-electron chi connectivity index (χ2n) is 3.35. The number of hydrogen-bond donors (Lipinski definition) is 2. The number of anilines is 1. The Hall–Kier alpha value is -2.03. The summed E-state index contributed by atoms with van der Waals surface area (Å²) in [5.74, 6) is -0.116. The van der Waals surface area contributed by atoms with Crippen LogP contribution < -0.4 is 5.32 Å². The molecule has 0 aliphatic rings. The Morgan fingerprint density at radius 1 is 1.20 bits per heavy atom. The average Bonchev–Trinajstić information content (AvgIpc) is 2.74. The van der Waals surface area contributed by atoms with E-state index in [4.69, 9.17) is 0 Å². The van der Waals surface area contributed by atoms with Crippen LogP contribution in [-0.4, -0.2) is 10.9 Å². The summed E-state index contributed by atoms with van der Waals surface area (Å²) in [5.41, 5.74) is 2.47. The minimum Gasteiger partial charge on any atom is -0.357 e. The topological polar surface area (TPSA) is 44.9 Å². The third-order valence-corrected chi connectivity index (χ3v) is 2.24. The van der Waals surface area contributed by atoms with Crippen molar-refractivity contribution >= 4 is 11.6 Å². The lowest BCUT2D eigenvalue weighted by Gasteiger charge is -2.06. The van der Waals surface area contributed by atoms with Gasteiger partial charge in [0.2, 0.25) is 0 Å². The van der Waals surface area contributed by atoms with E-state index < -0.39 is 0 Å². The van der Waals surface area contributed by atoms with E-state index in [1.807, 2.05) is 31.2 Å². The zero-order valence-electron chi connectivity index (χ0n) is 8.45.